The number of alkyl halides is 3. The van der Waals surface area contributed by atoms with E-state index in [4.69, 9.17) is 0 Å². The van der Waals surface area contributed by atoms with E-state index in [2.05, 4.69) is 9.47 Å². The molecule has 0 aliphatic heterocycles. The number of ether oxygens (including phenoxy) is 2. The Balaban J connectivity index is 3.03. The number of carbonyl (C=O) groups excluding carboxylic acids is 1. The maximum atomic E-state index is 11.9. The van der Waals surface area contributed by atoms with E-state index in [1.807, 2.05) is 0 Å². The van der Waals surface area contributed by atoms with Crippen LogP contribution in [-0.2, 0) is 4.74 Å². The van der Waals surface area contributed by atoms with Crippen molar-refractivity contribution in [2.24, 2.45) is 0 Å². The molecule has 16 heavy (non-hydrogen) atoms. The number of methoxy groups -OCH3 is 1. The van der Waals surface area contributed by atoms with Crippen LogP contribution in [0.3, 0.4) is 0 Å². The minimum Gasteiger partial charge on any atom is -0.465 e. The lowest BCUT2D eigenvalue weighted by atomic mass is 10.1. The fraction of sp³-hybridized carbons (Fsp3) is 0.300. The summed E-state index contributed by atoms with van der Waals surface area (Å²) in [5.74, 6) is -1.15. The largest absolute Gasteiger partial charge is 0.573 e. The number of rotatable bonds is 2. The Morgan fingerprint density at radius 1 is 1.25 bits per heavy atom. The standard InChI is InChI=1S/C10H9F3O3/c1-6-3-7(9(14)15-2)5-8(4-6)16-10(11,12)13/h3-5H,1-2H3. The molecule has 1 aromatic carbocycles. The lowest BCUT2D eigenvalue weighted by molar-refractivity contribution is -0.274. The van der Waals surface area contributed by atoms with Crippen molar-refractivity contribution in [3.63, 3.8) is 0 Å². The van der Waals surface area contributed by atoms with E-state index in [-0.39, 0.29) is 5.56 Å². The fourth-order valence-electron chi connectivity index (χ4n) is 1.18. The summed E-state index contributed by atoms with van der Waals surface area (Å²) in [5, 5.41) is 0. The molecular formula is C10H9F3O3. The van der Waals surface area contributed by atoms with Gasteiger partial charge in [-0.1, -0.05) is 0 Å². The van der Waals surface area contributed by atoms with Gasteiger partial charge in [-0.3, -0.25) is 0 Å². The molecular weight excluding hydrogens is 225 g/mol. The van der Waals surface area contributed by atoms with Gasteiger partial charge in [-0.2, -0.15) is 0 Å². The first-order chi connectivity index (χ1) is 7.31. The van der Waals surface area contributed by atoms with Crippen LogP contribution in [0.1, 0.15) is 15.9 Å². The molecule has 0 fully saturated rings. The molecule has 0 N–H and O–H groups in total. The molecule has 6 heteroatoms. The Kier molecular flexibility index (Phi) is 3.41. The zero-order valence-corrected chi connectivity index (χ0v) is 8.59. The number of hydrogen-bond acceptors (Lipinski definition) is 3. The molecule has 0 heterocycles. The topological polar surface area (TPSA) is 35.5 Å². The SMILES string of the molecule is COC(=O)c1cc(C)cc(OC(F)(F)F)c1. The summed E-state index contributed by atoms with van der Waals surface area (Å²) in [7, 11) is 1.15. The molecule has 0 aliphatic rings. The predicted octanol–water partition coefficient (Wildman–Crippen LogP) is 2.68. The van der Waals surface area contributed by atoms with Gasteiger partial charge in [0.05, 0.1) is 12.7 Å². The molecule has 0 saturated heterocycles. The lowest BCUT2D eigenvalue weighted by Crippen LogP contribution is -2.17. The minimum absolute atomic E-state index is 0.0155. The van der Waals surface area contributed by atoms with E-state index in [0.717, 1.165) is 13.2 Å². The Labute approximate surface area is 89.8 Å². The molecule has 88 valence electrons. The first-order valence-electron chi connectivity index (χ1n) is 4.27. The number of esters is 1. The van der Waals surface area contributed by atoms with E-state index >= 15 is 0 Å². The number of halogens is 3. The third kappa shape index (κ3) is 3.45. The summed E-state index contributed by atoms with van der Waals surface area (Å²) >= 11 is 0. The number of hydrogen-bond donors (Lipinski definition) is 0. The average molecular weight is 234 g/mol. The second kappa shape index (κ2) is 4.42. The van der Waals surface area contributed by atoms with E-state index in [1.54, 1.807) is 6.92 Å². The monoisotopic (exact) mass is 234 g/mol. The summed E-state index contributed by atoms with van der Waals surface area (Å²) in [4.78, 5) is 11.1. The summed E-state index contributed by atoms with van der Waals surface area (Å²) < 4.78 is 44.0. The van der Waals surface area contributed by atoms with Gasteiger partial charge in [0.25, 0.3) is 0 Å². The summed E-state index contributed by atoms with van der Waals surface area (Å²) in [6, 6.07) is 3.57. The van der Waals surface area contributed by atoms with Crippen LogP contribution in [0.15, 0.2) is 18.2 Å². The van der Waals surface area contributed by atoms with Crippen LogP contribution >= 0.6 is 0 Å². The highest BCUT2D eigenvalue weighted by atomic mass is 19.4. The zero-order valence-electron chi connectivity index (χ0n) is 8.59. The first kappa shape index (κ1) is 12.4. The van der Waals surface area contributed by atoms with Crippen molar-refractivity contribution in [3.8, 4) is 5.75 Å². The quantitative estimate of drug-likeness (QED) is 0.738. The molecule has 0 aliphatic carbocycles. The molecule has 0 aromatic heterocycles. The van der Waals surface area contributed by atoms with Gasteiger partial charge in [0.15, 0.2) is 0 Å². The zero-order chi connectivity index (χ0) is 12.3. The van der Waals surface area contributed by atoms with Crippen molar-refractivity contribution < 1.29 is 27.4 Å². The molecule has 0 atom stereocenters. The molecule has 3 nitrogen and oxygen atoms in total. The van der Waals surface area contributed by atoms with Gasteiger partial charge in [0.1, 0.15) is 5.75 Å². The van der Waals surface area contributed by atoms with Crippen molar-refractivity contribution in [1.29, 1.82) is 0 Å². The predicted molar refractivity (Wildman–Crippen MR) is 49.2 cm³/mol. The maximum Gasteiger partial charge on any atom is 0.573 e. The maximum absolute atomic E-state index is 11.9. The van der Waals surface area contributed by atoms with Gasteiger partial charge in [-0.15, -0.1) is 13.2 Å². The van der Waals surface area contributed by atoms with Crippen LogP contribution in [0.5, 0.6) is 5.75 Å². The highest BCUT2D eigenvalue weighted by molar-refractivity contribution is 5.90. The van der Waals surface area contributed by atoms with Crippen molar-refractivity contribution in [2.75, 3.05) is 7.11 Å². The molecule has 1 aromatic rings. The summed E-state index contributed by atoms with van der Waals surface area (Å²) in [5.41, 5.74) is 0.490. The van der Waals surface area contributed by atoms with Crippen LogP contribution in [0.25, 0.3) is 0 Å². The molecule has 0 bridgehead atoms. The molecule has 0 radical (unpaired) electrons. The van der Waals surface area contributed by atoms with Crippen LogP contribution < -0.4 is 4.74 Å². The van der Waals surface area contributed by atoms with Gasteiger partial charge >= 0.3 is 12.3 Å². The van der Waals surface area contributed by atoms with E-state index in [9.17, 15) is 18.0 Å². The molecule has 0 saturated carbocycles. The van der Waals surface area contributed by atoms with Crippen molar-refractivity contribution in [2.45, 2.75) is 13.3 Å². The number of benzene rings is 1. The Bertz CT molecular complexity index is 399. The Morgan fingerprint density at radius 3 is 2.38 bits per heavy atom. The molecule has 1 rings (SSSR count). The van der Waals surface area contributed by atoms with Crippen LogP contribution in [0.4, 0.5) is 13.2 Å². The fourth-order valence-corrected chi connectivity index (χ4v) is 1.18. The Morgan fingerprint density at radius 2 is 1.88 bits per heavy atom. The van der Waals surface area contributed by atoms with Gasteiger partial charge in [-0.25, -0.2) is 4.79 Å². The van der Waals surface area contributed by atoms with Gasteiger partial charge in [-0.05, 0) is 30.7 Å². The summed E-state index contributed by atoms with van der Waals surface area (Å²) in [6.45, 7) is 1.55. The van der Waals surface area contributed by atoms with Crippen LogP contribution in [0, 0.1) is 6.92 Å². The Hall–Kier alpha value is -1.72. The second-order valence-corrected chi connectivity index (χ2v) is 3.07. The van der Waals surface area contributed by atoms with Gasteiger partial charge in [0, 0.05) is 0 Å². The highest BCUT2D eigenvalue weighted by Crippen LogP contribution is 2.25. The minimum atomic E-state index is -4.78. The van der Waals surface area contributed by atoms with Crippen molar-refractivity contribution >= 4 is 5.97 Å². The average Bonchev–Trinajstić information content (AvgIpc) is 2.12. The van der Waals surface area contributed by atoms with E-state index in [0.29, 0.717) is 5.56 Å². The van der Waals surface area contributed by atoms with Gasteiger partial charge in [0.2, 0.25) is 0 Å². The molecule has 0 amide bonds. The first-order valence-corrected chi connectivity index (χ1v) is 4.27. The highest BCUT2D eigenvalue weighted by Gasteiger charge is 2.31. The van der Waals surface area contributed by atoms with Crippen LogP contribution in [-0.4, -0.2) is 19.4 Å². The van der Waals surface area contributed by atoms with Crippen molar-refractivity contribution in [3.05, 3.63) is 29.3 Å². The van der Waals surface area contributed by atoms with Crippen molar-refractivity contribution in [1.82, 2.24) is 0 Å². The third-order valence-electron chi connectivity index (χ3n) is 1.71. The van der Waals surface area contributed by atoms with E-state index < -0.39 is 18.1 Å². The summed E-state index contributed by atoms with van der Waals surface area (Å²) in [6.07, 6.45) is -4.78. The molecule has 0 spiro atoms. The van der Waals surface area contributed by atoms with Crippen LogP contribution in [0.2, 0.25) is 0 Å². The normalized spacial score (nSPS) is 11.1. The van der Waals surface area contributed by atoms with E-state index in [1.165, 1.54) is 12.1 Å². The lowest BCUT2D eigenvalue weighted by Gasteiger charge is -2.10. The number of carbonyl (C=O) groups is 1. The molecule has 0 unspecified atom stereocenters. The smallest absolute Gasteiger partial charge is 0.465 e. The second-order valence-electron chi connectivity index (χ2n) is 3.07. The van der Waals surface area contributed by atoms with Gasteiger partial charge < -0.3 is 9.47 Å². The number of aryl methyl sites for hydroxylation is 1. The third-order valence-corrected chi connectivity index (χ3v) is 1.71.